The Morgan fingerprint density at radius 2 is 1.53 bits per heavy atom. The third-order valence-corrected chi connectivity index (χ3v) is 3.26. The quantitative estimate of drug-likeness (QED) is 0.668. The molecule has 0 N–H and O–H groups in total. The van der Waals surface area contributed by atoms with Crippen molar-refractivity contribution < 1.29 is 0 Å². The average Bonchev–Trinajstić information content (AvgIpc) is 3.06. The molecule has 2 heterocycles. The molecule has 0 radical (unpaired) electrons. The zero-order valence-corrected chi connectivity index (χ0v) is 11.2. The molecule has 94 valence electrons. The van der Waals surface area contributed by atoms with Crippen molar-refractivity contribution in [3.05, 3.63) is 71.1 Å². The maximum absolute atomic E-state index is 4.39. The van der Waals surface area contributed by atoms with Gasteiger partial charge in [0.1, 0.15) is 0 Å². The van der Waals surface area contributed by atoms with Crippen LogP contribution in [-0.2, 0) is 0 Å². The molecule has 0 atom stereocenters. The Labute approximate surface area is 113 Å². The van der Waals surface area contributed by atoms with Crippen molar-refractivity contribution in [3.8, 4) is 0 Å². The second kappa shape index (κ2) is 4.81. The molecule has 19 heavy (non-hydrogen) atoms. The molecule has 0 spiro atoms. The summed E-state index contributed by atoms with van der Waals surface area (Å²) in [7, 11) is 0. The Morgan fingerprint density at radius 1 is 0.895 bits per heavy atom. The topological polar surface area (TPSA) is 24.7 Å². The summed E-state index contributed by atoms with van der Waals surface area (Å²) in [4.78, 5) is 8.66. The molecule has 0 aromatic heterocycles. The van der Waals surface area contributed by atoms with Crippen LogP contribution in [0.1, 0.15) is 20.3 Å². The van der Waals surface area contributed by atoms with E-state index in [0.717, 1.165) is 23.5 Å². The second-order valence-corrected chi connectivity index (χ2v) is 4.73. The summed E-state index contributed by atoms with van der Waals surface area (Å²) in [5.74, 6) is 0. The lowest BCUT2D eigenvalue weighted by Gasteiger charge is -1.85. The minimum absolute atomic E-state index is 1.04. The van der Waals surface area contributed by atoms with Crippen molar-refractivity contribution in [2.24, 2.45) is 9.98 Å². The van der Waals surface area contributed by atoms with Crippen molar-refractivity contribution in [2.45, 2.75) is 20.3 Å². The van der Waals surface area contributed by atoms with Gasteiger partial charge in [-0.3, -0.25) is 9.98 Å². The van der Waals surface area contributed by atoms with Gasteiger partial charge in [-0.05, 0) is 37.6 Å². The van der Waals surface area contributed by atoms with Gasteiger partial charge in [0.2, 0.25) is 0 Å². The van der Waals surface area contributed by atoms with E-state index in [0.29, 0.717) is 0 Å². The minimum atomic E-state index is 1.04. The molecule has 0 fully saturated rings. The highest BCUT2D eigenvalue weighted by molar-refractivity contribution is 6.00. The molecule has 2 heteroatoms. The summed E-state index contributed by atoms with van der Waals surface area (Å²) in [5, 5.41) is 0. The highest BCUT2D eigenvalue weighted by atomic mass is 14.8. The standard InChI is InChI=1S/C9H9N.C8H7N/c1-2-8-6-7-4-3-5-9(7)10-8;1-6-5-7-3-2-4-8(7)9-6/h3-6H,2H2,1H3;2-5H,1H3. The highest BCUT2D eigenvalue weighted by Gasteiger charge is 2.12. The first kappa shape index (κ1) is 11.8. The zero-order valence-electron chi connectivity index (χ0n) is 11.2. The molecule has 2 aliphatic carbocycles. The van der Waals surface area contributed by atoms with Crippen molar-refractivity contribution in [3.63, 3.8) is 0 Å². The lowest BCUT2D eigenvalue weighted by atomic mass is 10.2. The predicted molar refractivity (Wildman–Crippen MR) is 81.4 cm³/mol. The molecule has 4 rings (SSSR count). The van der Waals surface area contributed by atoms with Crippen LogP contribution in [0.2, 0.25) is 0 Å². The van der Waals surface area contributed by atoms with Crippen LogP contribution in [0.4, 0.5) is 0 Å². The summed E-state index contributed by atoms with van der Waals surface area (Å²) in [6.45, 7) is 4.14. The van der Waals surface area contributed by atoms with Crippen LogP contribution in [0.15, 0.2) is 81.1 Å². The number of fused-ring (bicyclic) bond motifs is 2. The first-order valence-electron chi connectivity index (χ1n) is 6.60. The molecule has 0 bridgehead atoms. The van der Waals surface area contributed by atoms with E-state index in [1.807, 2.05) is 25.2 Å². The molecule has 0 aromatic rings. The third-order valence-electron chi connectivity index (χ3n) is 3.26. The third kappa shape index (κ3) is 2.34. The summed E-state index contributed by atoms with van der Waals surface area (Å²) in [6, 6.07) is 0. The molecular weight excluding hydrogens is 232 g/mol. The van der Waals surface area contributed by atoms with Crippen LogP contribution in [0, 0.1) is 0 Å². The lowest BCUT2D eigenvalue weighted by Crippen LogP contribution is -1.83. The monoisotopic (exact) mass is 248 g/mol. The van der Waals surface area contributed by atoms with Crippen LogP contribution >= 0.6 is 0 Å². The maximum atomic E-state index is 4.39. The normalized spacial score (nSPS) is 20.7. The van der Waals surface area contributed by atoms with E-state index in [-0.39, 0.29) is 0 Å². The molecule has 0 amide bonds. The van der Waals surface area contributed by atoms with Crippen molar-refractivity contribution in [1.82, 2.24) is 0 Å². The van der Waals surface area contributed by atoms with Gasteiger partial charge < -0.3 is 0 Å². The van der Waals surface area contributed by atoms with E-state index >= 15 is 0 Å². The summed E-state index contributed by atoms with van der Waals surface area (Å²) in [6.07, 6.45) is 17.6. The van der Waals surface area contributed by atoms with E-state index in [9.17, 15) is 0 Å². The SMILES string of the molecule is CC1=NC2=CC=CC2=C1.CCC1=NC2=CC=CC2=C1. The van der Waals surface area contributed by atoms with Gasteiger partial charge in [0.25, 0.3) is 0 Å². The summed E-state index contributed by atoms with van der Waals surface area (Å²) in [5.41, 5.74) is 7.10. The highest BCUT2D eigenvalue weighted by Crippen LogP contribution is 2.25. The fraction of sp³-hybridized carbons (Fsp3) is 0.176. The molecule has 4 aliphatic rings. The van der Waals surface area contributed by atoms with Gasteiger partial charge >= 0.3 is 0 Å². The van der Waals surface area contributed by atoms with E-state index in [1.54, 1.807) is 0 Å². The Balaban J connectivity index is 0.000000117. The summed E-state index contributed by atoms with van der Waals surface area (Å²) >= 11 is 0. The smallest absolute Gasteiger partial charge is 0.0705 e. The second-order valence-electron chi connectivity index (χ2n) is 4.73. The number of nitrogens with zero attached hydrogens (tertiary/aromatic N) is 2. The molecule has 2 nitrogen and oxygen atoms in total. The lowest BCUT2D eigenvalue weighted by molar-refractivity contribution is 1.28. The van der Waals surface area contributed by atoms with Crippen LogP contribution in [0.5, 0.6) is 0 Å². The molecule has 0 aromatic carbocycles. The first-order valence-corrected chi connectivity index (χ1v) is 6.60. The Morgan fingerprint density at radius 3 is 2.11 bits per heavy atom. The van der Waals surface area contributed by atoms with Crippen LogP contribution < -0.4 is 0 Å². The van der Waals surface area contributed by atoms with Crippen molar-refractivity contribution in [2.75, 3.05) is 0 Å². The van der Waals surface area contributed by atoms with Gasteiger partial charge in [-0.1, -0.05) is 31.2 Å². The van der Waals surface area contributed by atoms with Crippen molar-refractivity contribution >= 4 is 11.4 Å². The molecule has 0 unspecified atom stereocenters. The van der Waals surface area contributed by atoms with Gasteiger partial charge in [-0.2, -0.15) is 0 Å². The van der Waals surface area contributed by atoms with Crippen LogP contribution in [-0.4, -0.2) is 11.4 Å². The average molecular weight is 248 g/mol. The first-order chi connectivity index (χ1) is 9.26. The predicted octanol–water partition coefficient (Wildman–Crippen LogP) is 4.07. The molecule has 0 saturated carbocycles. The Bertz CT molecular complexity index is 659. The van der Waals surface area contributed by atoms with Crippen LogP contribution in [0.3, 0.4) is 0 Å². The molecule has 2 aliphatic heterocycles. The number of hydrogen-bond acceptors (Lipinski definition) is 2. The Hall–Kier alpha value is -2.22. The number of hydrogen-bond donors (Lipinski definition) is 0. The fourth-order valence-electron chi connectivity index (χ4n) is 2.29. The largest absolute Gasteiger partial charge is 0.253 e. The van der Waals surface area contributed by atoms with E-state index in [2.05, 4.69) is 47.3 Å². The van der Waals surface area contributed by atoms with E-state index < -0.39 is 0 Å². The van der Waals surface area contributed by atoms with E-state index in [1.165, 1.54) is 16.9 Å². The van der Waals surface area contributed by atoms with Gasteiger partial charge in [0, 0.05) is 22.6 Å². The minimum Gasteiger partial charge on any atom is -0.253 e. The zero-order chi connectivity index (χ0) is 13.2. The maximum Gasteiger partial charge on any atom is 0.0705 e. The van der Waals surface area contributed by atoms with Crippen LogP contribution in [0.25, 0.3) is 0 Å². The van der Waals surface area contributed by atoms with E-state index in [4.69, 9.17) is 0 Å². The van der Waals surface area contributed by atoms with Gasteiger partial charge in [-0.15, -0.1) is 0 Å². The fourth-order valence-corrected chi connectivity index (χ4v) is 2.29. The summed E-state index contributed by atoms with van der Waals surface area (Å²) < 4.78 is 0. The molecule has 0 saturated heterocycles. The number of aliphatic imine (C=N–C) groups is 2. The number of allylic oxidation sites excluding steroid dienone is 8. The van der Waals surface area contributed by atoms with Gasteiger partial charge in [0.15, 0.2) is 0 Å². The Kier molecular flexibility index (Phi) is 3.00. The molecular formula is C17H16N2. The van der Waals surface area contributed by atoms with Gasteiger partial charge in [-0.25, -0.2) is 0 Å². The van der Waals surface area contributed by atoms with Gasteiger partial charge in [0.05, 0.1) is 11.4 Å². The van der Waals surface area contributed by atoms with Crippen molar-refractivity contribution in [1.29, 1.82) is 0 Å². The number of rotatable bonds is 1.